The lowest BCUT2D eigenvalue weighted by molar-refractivity contribution is 0.0905. The fraction of sp³-hybridized carbons (Fsp3) is 0.588. The molecule has 0 fully saturated rings. The summed E-state index contributed by atoms with van der Waals surface area (Å²) in [6, 6.07) is 9.14. The van der Waals surface area contributed by atoms with Crippen molar-refractivity contribution >= 4 is 5.78 Å². The minimum atomic E-state index is 0.192. The van der Waals surface area contributed by atoms with Crippen LogP contribution in [0.5, 0.6) is 0 Å². The highest BCUT2D eigenvalue weighted by Gasteiger charge is 2.30. The van der Waals surface area contributed by atoms with E-state index in [1.807, 2.05) is 18.2 Å². The molecule has 0 radical (unpaired) electrons. The summed E-state index contributed by atoms with van der Waals surface area (Å²) in [4.78, 5) is 14.8. The molecule has 1 aliphatic carbocycles. The van der Waals surface area contributed by atoms with Crippen LogP contribution in [0.25, 0.3) is 0 Å². The zero-order valence-corrected chi connectivity index (χ0v) is 12.5. The van der Waals surface area contributed by atoms with Gasteiger partial charge in [-0.2, -0.15) is 0 Å². The molecule has 0 saturated heterocycles. The number of rotatable bonds is 5. The third kappa shape index (κ3) is 3.06. The Balaban J connectivity index is 1.98. The number of nitrogens with zero attached hydrogens (tertiary/aromatic N) is 1. The number of fused-ring (bicyclic) bond motifs is 1. The van der Waals surface area contributed by atoms with Gasteiger partial charge in [0.25, 0.3) is 0 Å². The fourth-order valence-electron chi connectivity index (χ4n) is 3.17. The lowest BCUT2D eigenvalue weighted by Crippen LogP contribution is -2.38. The van der Waals surface area contributed by atoms with Crippen molar-refractivity contribution in [3.05, 3.63) is 35.4 Å². The average Bonchev–Trinajstić information content (AvgIpc) is 2.66. The van der Waals surface area contributed by atoms with Crippen molar-refractivity contribution in [3.63, 3.8) is 0 Å². The standard InChI is InChI=1S/C17H25NO/c1-12(2)18(13(3)4)10-9-15-11-14-7-5-6-8-16(14)17(15)19/h5-8,12-13,15H,9-11H2,1-4H3. The molecule has 1 aromatic rings. The highest BCUT2D eigenvalue weighted by molar-refractivity contribution is 6.02. The van der Waals surface area contributed by atoms with E-state index in [-0.39, 0.29) is 5.92 Å². The minimum absolute atomic E-state index is 0.192. The molecule has 0 saturated carbocycles. The first kappa shape index (κ1) is 14.3. The Morgan fingerprint density at radius 1 is 1.16 bits per heavy atom. The smallest absolute Gasteiger partial charge is 0.166 e. The van der Waals surface area contributed by atoms with Crippen LogP contribution >= 0.6 is 0 Å². The predicted octanol–water partition coefficient (Wildman–Crippen LogP) is 3.55. The molecule has 1 unspecified atom stereocenters. The molecule has 1 aliphatic rings. The molecule has 2 heteroatoms. The maximum atomic E-state index is 12.3. The zero-order valence-electron chi connectivity index (χ0n) is 12.5. The van der Waals surface area contributed by atoms with Gasteiger partial charge in [0.2, 0.25) is 0 Å². The molecule has 0 bridgehead atoms. The van der Waals surface area contributed by atoms with E-state index in [1.165, 1.54) is 5.56 Å². The molecule has 0 aromatic heterocycles. The van der Waals surface area contributed by atoms with Gasteiger partial charge in [0, 0.05) is 23.6 Å². The topological polar surface area (TPSA) is 20.3 Å². The first-order valence-electron chi connectivity index (χ1n) is 7.38. The Bertz CT molecular complexity index is 442. The minimum Gasteiger partial charge on any atom is -0.299 e. The number of Topliss-reactive ketones (excluding diaryl/α,β-unsaturated/α-hetero) is 1. The van der Waals surface area contributed by atoms with Gasteiger partial charge in [-0.3, -0.25) is 9.69 Å². The summed E-state index contributed by atoms with van der Waals surface area (Å²) in [5.74, 6) is 0.542. The molecule has 0 N–H and O–H groups in total. The average molecular weight is 259 g/mol. The molecule has 1 atom stereocenters. The molecule has 104 valence electrons. The summed E-state index contributed by atoms with van der Waals surface area (Å²) in [7, 11) is 0. The number of benzene rings is 1. The summed E-state index contributed by atoms with van der Waals surface area (Å²) in [5, 5.41) is 0. The monoisotopic (exact) mass is 259 g/mol. The SMILES string of the molecule is CC(C)N(CCC1Cc2ccccc2C1=O)C(C)C. The fourth-order valence-corrected chi connectivity index (χ4v) is 3.17. The number of hydrogen-bond donors (Lipinski definition) is 0. The van der Waals surface area contributed by atoms with Crippen molar-refractivity contribution in [3.8, 4) is 0 Å². The summed E-state index contributed by atoms with van der Waals surface area (Å²) >= 11 is 0. The van der Waals surface area contributed by atoms with E-state index in [0.29, 0.717) is 17.9 Å². The quantitative estimate of drug-likeness (QED) is 0.806. The summed E-state index contributed by atoms with van der Waals surface area (Å²) in [6.45, 7) is 9.92. The molecule has 19 heavy (non-hydrogen) atoms. The number of ketones is 1. The highest BCUT2D eigenvalue weighted by atomic mass is 16.1. The number of hydrogen-bond acceptors (Lipinski definition) is 2. The van der Waals surface area contributed by atoms with Gasteiger partial charge in [-0.1, -0.05) is 24.3 Å². The first-order chi connectivity index (χ1) is 9.00. The second-order valence-corrected chi connectivity index (χ2v) is 6.14. The van der Waals surface area contributed by atoms with Gasteiger partial charge in [0.1, 0.15) is 0 Å². The van der Waals surface area contributed by atoms with Gasteiger partial charge in [0.15, 0.2) is 5.78 Å². The molecule has 0 heterocycles. The summed E-state index contributed by atoms with van der Waals surface area (Å²) < 4.78 is 0. The van der Waals surface area contributed by atoms with E-state index in [2.05, 4.69) is 38.7 Å². The molecule has 2 nitrogen and oxygen atoms in total. The van der Waals surface area contributed by atoms with E-state index in [0.717, 1.165) is 24.9 Å². The van der Waals surface area contributed by atoms with Crippen LogP contribution in [-0.2, 0) is 6.42 Å². The Hall–Kier alpha value is -1.15. The van der Waals surface area contributed by atoms with Crippen molar-refractivity contribution in [1.29, 1.82) is 0 Å². The summed E-state index contributed by atoms with van der Waals surface area (Å²) in [5.41, 5.74) is 2.19. The lowest BCUT2D eigenvalue weighted by Gasteiger charge is -2.31. The Labute approximate surface area is 116 Å². The second-order valence-electron chi connectivity index (χ2n) is 6.14. The lowest BCUT2D eigenvalue weighted by atomic mass is 10.00. The molecular weight excluding hydrogens is 234 g/mol. The Morgan fingerprint density at radius 2 is 1.79 bits per heavy atom. The number of carbonyl (C=O) groups is 1. The van der Waals surface area contributed by atoms with Crippen LogP contribution in [0.15, 0.2) is 24.3 Å². The Kier molecular flexibility index (Phi) is 4.41. The molecule has 0 spiro atoms. The predicted molar refractivity (Wildman–Crippen MR) is 79.6 cm³/mol. The van der Waals surface area contributed by atoms with E-state index >= 15 is 0 Å². The first-order valence-corrected chi connectivity index (χ1v) is 7.38. The third-order valence-corrected chi connectivity index (χ3v) is 4.18. The van der Waals surface area contributed by atoms with Crippen molar-refractivity contribution in [1.82, 2.24) is 4.90 Å². The third-order valence-electron chi connectivity index (χ3n) is 4.18. The van der Waals surface area contributed by atoms with Crippen LogP contribution in [0.1, 0.15) is 50.0 Å². The van der Waals surface area contributed by atoms with Crippen molar-refractivity contribution in [2.75, 3.05) is 6.54 Å². The van der Waals surface area contributed by atoms with E-state index in [9.17, 15) is 4.79 Å². The van der Waals surface area contributed by atoms with Gasteiger partial charge >= 0.3 is 0 Å². The maximum Gasteiger partial charge on any atom is 0.166 e. The van der Waals surface area contributed by atoms with Crippen LogP contribution in [0, 0.1) is 5.92 Å². The molecule has 0 aliphatic heterocycles. The Morgan fingerprint density at radius 3 is 2.37 bits per heavy atom. The van der Waals surface area contributed by atoms with Crippen molar-refractivity contribution in [2.24, 2.45) is 5.92 Å². The van der Waals surface area contributed by atoms with Crippen LogP contribution in [0.4, 0.5) is 0 Å². The van der Waals surface area contributed by atoms with Crippen LogP contribution in [0.3, 0.4) is 0 Å². The van der Waals surface area contributed by atoms with E-state index in [4.69, 9.17) is 0 Å². The van der Waals surface area contributed by atoms with Crippen LogP contribution in [-0.4, -0.2) is 29.3 Å². The molecular formula is C17H25NO. The van der Waals surface area contributed by atoms with E-state index in [1.54, 1.807) is 0 Å². The van der Waals surface area contributed by atoms with Gasteiger partial charge in [-0.05, 0) is 52.6 Å². The van der Waals surface area contributed by atoms with Gasteiger partial charge in [-0.25, -0.2) is 0 Å². The largest absolute Gasteiger partial charge is 0.299 e. The van der Waals surface area contributed by atoms with E-state index < -0.39 is 0 Å². The molecule has 0 amide bonds. The van der Waals surface area contributed by atoms with Gasteiger partial charge in [0.05, 0.1) is 0 Å². The second kappa shape index (κ2) is 5.87. The maximum absolute atomic E-state index is 12.3. The van der Waals surface area contributed by atoms with Crippen LogP contribution < -0.4 is 0 Å². The van der Waals surface area contributed by atoms with Crippen molar-refractivity contribution in [2.45, 2.75) is 52.6 Å². The normalized spacial score (nSPS) is 18.7. The van der Waals surface area contributed by atoms with Crippen LogP contribution in [0.2, 0.25) is 0 Å². The highest BCUT2D eigenvalue weighted by Crippen LogP contribution is 2.29. The van der Waals surface area contributed by atoms with Gasteiger partial charge < -0.3 is 0 Å². The summed E-state index contributed by atoms with van der Waals surface area (Å²) in [6.07, 6.45) is 1.91. The van der Waals surface area contributed by atoms with Gasteiger partial charge in [-0.15, -0.1) is 0 Å². The molecule has 1 aromatic carbocycles. The zero-order chi connectivity index (χ0) is 14.0. The number of carbonyl (C=O) groups excluding carboxylic acids is 1. The van der Waals surface area contributed by atoms with Crippen molar-refractivity contribution < 1.29 is 4.79 Å². The molecule has 2 rings (SSSR count).